The first-order chi connectivity index (χ1) is 7.88. The van der Waals surface area contributed by atoms with Crippen molar-refractivity contribution in [3.8, 4) is 0 Å². The lowest BCUT2D eigenvalue weighted by molar-refractivity contribution is 0.0796. The number of nitrogens with two attached hydrogens (primary N) is 1. The Morgan fingerprint density at radius 1 is 1.59 bits per heavy atom. The smallest absolute Gasteiger partial charge is 0.274 e. The quantitative estimate of drug-likeness (QED) is 0.805. The zero-order chi connectivity index (χ0) is 13.2. The Balaban J connectivity index is 3.07. The standard InChI is InChI=1S/C12H20N4O/c1-6-16-11(10(13)9(4)14-16)12(17)15(5)7-8(2)3/h2,6-7,13H2,1,3-5H3. The van der Waals surface area contributed by atoms with Crippen molar-refractivity contribution in [1.29, 1.82) is 0 Å². The maximum atomic E-state index is 12.2. The monoisotopic (exact) mass is 236 g/mol. The lowest BCUT2D eigenvalue weighted by Crippen LogP contribution is -2.30. The topological polar surface area (TPSA) is 64.2 Å². The molecule has 0 bridgehead atoms. The van der Waals surface area contributed by atoms with Gasteiger partial charge in [0.1, 0.15) is 5.69 Å². The molecule has 5 nitrogen and oxygen atoms in total. The van der Waals surface area contributed by atoms with Gasteiger partial charge in [-0.15, -0.1) is 0 Å². The van der Waals surface area contributed by atoms with Gasteiger partial charge in [0.2, 0.25) is 0 Å². The number of amides is 1. The Hall–Kier alpha value is -1.78. The largest absolute Gasteiger partial charge is 0.395 e. The van der Waals surface area contributed by atoms with Gasteiger partial charge < -0.3 is 10.6 Å². The molecule has 17 heavy (non-hydrogen) atoms. The van der Waals surface area contributed by atoms with E-state index in [0.717, 1.165) is 5.57 Å². The lowest BCUT2D eigenvalue weighted by atomic mass is 10.2. The molecular formula is C12H20N4O. The normalized spacial score (nSPS) is 10.4. The maximum Gasteiger partial charge on any atom is 0.274 e. The molecule has 1 amide bonds. The van der Waals surface area contributed by atoms with Crippen molar-refractivity contribution in [1.82, 2.24) is 14.7 Å². The highest BCUT2D eigenvalue weighted by atomic mass is 16.2. The number of anilines is 1. The van der Waals surface area contributed by atoms with Gasteiger partial charge in [-0.2, -0.15) is 5.10 Å². The van der Waals surface area contributed by atoms with Crippen LogP contribution in [0.25, 0.3) is 0 Å². The van der Waals surface area contributed by atoms with Crippen molar-refractivity contribution in [2.24, 2.45) is 0 Å². The van der Waals surface area contributed by atoms with Crippen LogP contribution in [0.2, 0.25) is 0 Å². The fourth-order valence-electron chi connectivity index (χ4n) is 1.71. The summed E-state index contributed by atoms with van der Waals surface area (Å²) in [6.45, 7) is 10.6. The second kappa shape index (κ2) is 5.03. The maximum absolute atomic E-state index is 12.2. The number of hydrogen-bond acceptors (Lipinski definition) is 3. The molecule has 5 heteroatoms. The summed E-state index contributed by atoms with van der Waals surface area (Å²) in [4.78, 5) is 13.8. The summed E-state index contributed by atoms with van der Waals surface area (Å²) in [5.74, 6) is -0.118. The van der Waals surface area contributed by atoms with E-state index in [-0.39, 0.29) is 5.91 Å². The van der Waals surface area contributed by atoms with Crippen LogP contribution in [0.3, 0.4) is 0 Å². The number of rotatable bonds is 4. The third-order valence-electron chi connectivity index (χ3n) is 2.53. The molecule has 0 aromatic carbocycles. The number of hydrogen-bond donors (Lipinski definition) is 1. The first-order valence-corrected chi connectivity index (χ1v) is 5.61. The molecule has 1 rings (SSSR count). The molecule has 0 fully saturated rings. The van der Waals surface area contributed by atoms with Crippen molar-refractivity contribution < 1.29 is 4.79 Å². The summed E-state index contributed by atoms with van der Waals surface area (Å²) in [5.41, 5.74) is 8.45. The van der Waals surface area contributed by atoms with Crippen LogP contribution >= 0.6 is 0 Å². The van der Waals surface area contributed by atoms with Gasteiger partial charge in [-0.1, -0.05) is 12.2 Å². The second-order valence-electron chi connectivity index (χ2n) is 4.28. The Kier molecular flexibility index (Phi) is 3.93. The van der Waals surface area contributed by atoms with E-state index in [4.69, 9.17) is 5.73 Å². The summed E-state index contributed by atoms with van der Waals surface area (Å²) in [7, 11) is 1.73. The summed E-state index contributed by atoms with van der Waals surface area (Å²) < 4.78 is 1.64. The zero-order valence-electron chi connectivity index (χ0n) is 10.9. The van der Waals surface area contributed by atoms with Gasteiger partial charge in [-0.3, -0.25) is 9.48 Å². The van der Waals surface area contributed by atoms with E-state index in [1.807, 2.05) is 13.8 Å². The van der Waals surface area contributed by atoms with Crippen LogP contribution in [0.4, 0.5) is 5.69 Å². The summed E-state index contributed by atoms with van der Waals surface area (Å²) in [6, 6.07) is 0. The Labute approximate surface area is 102 Å². The minimum Gasteiger partial charge on any atom is -0.395 e. The highest BCUT2D eigenvalue weighted by Gasteiger charge is 2.21. The van der Waals surface area contributed by atoms with Gasteiger partial charge in [0.15, 0.2) is 0 Å². The number of carbonyl (C=O) groups excluding carboxylic acids is 1. The molecular weight excluding hydrogens is 216 g/mol. The minimum atomic E-state index is -0.118. The van der Waals surface area contributed by atoms with Crippen molar-refractivity contribution in [2.45, 2.75) is 27.3 Å². The molecule has 1 heterocycles. The van der Waals surface area contributed by atoms with Crippen LogP contribution in [-0.4, -0.2) is 34.2 Å². The average Bonchev–Trinajstić information content (AvgIpc) is 2.53. The second-order valence-corrected chi connectivity index (χ2v) is 4.28. The number of likely N-dealkylation sites (N-methyl/N-ethyl adjacent to an activating group) is 1. The fourth-order valence-corrected chi connectivity index (χ4v) is 1.71. The highest BCUT2D eigenvalue weighted by Crippen LogP contribution is 2.18. The Morgan fingerprint density at radius 3 is 2.65 bits per heavy atom. The number of aryl methyl sites for hydroxylation is 2. The van der Waals surface area contributed by atoms with Crippen molar-refractivity contribution in [3.63, 3.8) is 0 Å². The molecule has 0 unspecified atom stereocenters. The first-order valence-electron chi connectivity index (χ1n) is 5.61. The predicted molar refractivity (Wildman–Crippen MR) is 68.8 cm³/mol. The molecule has 0 aliphatic carbocycles. The van der Waals surface area contributed by atoms with E-state index in [2.05, 4.69) is 11.7 Å². The third kappa shape index (κ3) is 2.67. The Morgan fingerprint density at radius 2 is 2.18 bits per heavy atom. The number of aromatic nitrogens is 2. The summed E-state index contributed by atoms with van der Waals surface area (Å²) in [6.07, 6.45) is 0. The van der Waals surface area contributed by atoms with Crippen LogP contribution in [0.15, 0.2) is 12.2 Å². The molecule has 0 radical (unpaired) electrons. The van der Waals surface area contributed by atoms with Gasteiger partial charge in [0.25, 0.3) is 5.91 Å². The van der Waals surface area contributed by atoms with Crippen LogP contribution in [0.1, 0.15) is 30.0 Å². The molecule has 0 aliphatic rings. The fraction of sp³-hybridized carbons (Fsp3) is 0.500. The summed E-state index contributed by atoms with van der Waals surface area (Å²) in [5, 5.41) is 4.23. The molecule has 0 saturated carbocycles. The number of carbonyl (C=O) groups is 1. The van der Waals surface area contributed by atoms with Crippen LogP contribution in [-0.2, 0) is 6.54 Å². The van der Waals surface area contributed by atoms with Crippen molar-refractivity contribution >= 4 is 11.6 Å². The molecule has 0 aliphatic heterocycles. The molecule has 0 saturated heterocycles. The predicted octanol–water partition coefficient (Wildman–Crippen LogP) is 1.44. The van der Waals surface area contributed by atoms with E-state index < -0.39 is 0 Å². The van der Waals surface area contributed by atoms with Gasteiger partial charge in [-0.25, -0.2) is 0 Å². The minimum absolute atomic E-state index is 0.118. The van der Waals surface area contributed by atoms with Gasteiger partial charge in [0, 0.05) is 20.1 Å². The summed E-state index contributed by atoms with van der Waals surface area (Å²) >= 11 is 0. The number of nitrogens with zero attached hydrogens (tertiary/aromatic N) is 3. The average molecular weight is 236 g/mol. The molecule has 0 spiro atoms. The third-order valence-corrected chi connectivity index (χ3v) is 2.53. The first kappa shape index (κ1) is 13.3. The van der Waals surface area contributed by atoms with Crippen molar-refractivity contribution in [2.75, 3.05) is 19.3 Å². The molecule has 1 aromatic heterocycles. The van der Waals surface area contributed by atoms with Crippen LogP contribution in [0.5, 0.6) is 0 Å². The highest BCUT2D eigenvalue weighted by molar-refractivity contribution is 5.97. The SMILES string of the molecule is C=C(C)CN(C)C(=O)c1c(N)c(C)nn1CC. The molecule has 2 N–H and O–H groups in total. The van der Waals surface area contributed by atoms with Crippen LogP contribution in [0, 0.1) is 6.92 Å². The van der Waals surface area contributed by atoms with E-state index in [9.17, 15) is 4.79 Å². The van der Waals surface area contributed by atoms with Gasteiger partial charge >= 0.3 is 0 Å². The van der Waals surface area contributed by atoms with Crippen molar-refractivity contribution in [3.05, 3.63) is 23.5 Å². The van der Waals surface area contributed by atoms with E-state index >= 15 is 0 Å². The molecule has 94 valence electrons. The molecule has 1 aromatic rings. The zero-order valence-corrected chi connectivity index (χ0v) is 10.9. The van der Waals surface area contributed by atoms with Crippen LogP contribution < -0.4 is 5.73 Å². The lowest BCUT2D eigenvalue weighted by Gasteiger charge is -2.17. The van der Waals surface area contributed by atoms with Gasteiger partial charge in [-0.05, 0) is 20.8 Å². The molecule has 0 atom stereocenters. The van der Waals surface area contributed by atoms with E-state index in [0.29, 0.717) is 30.2 Å². The Bertz CT molecular complexity index is 448. The van der Waals surface area contributed by atoms with Gasteiger partial charge in [0.05, 0.1) is 11.4 Å². The van der Waals surface area contributed by atoms with E-state index in [1.165, 1.54) is 0 Å². The number of nitrogen functional groups attached to an aromatic ring is 1. The van der Waals surface area contributed by atoms with E-state index in [1.54, 1.807) is 23.6 Å².